The van der Waals surface area contributed by atoms with Crippen molar-refractivity contribution in [2.24, 2.45) is 0 Å². The van der Waals surface area contributed by atoms with Crippen molar-refractivity contribution in [3.8, 4) is 11.5 Å². The summed E-state index contributed by atoms with van der Waals surface area (Å²) in [6.45, 7) is 4.28. The van der Waals surface area contributed by atoms with E-state index in [2.05, 4.69) is 5.32 Å². The smallest absolute Gasteiger partial charge is 0.174 e. The molecule has 0 saturated carbocycles. The van der Waals surface area contributed by atoms with Gasteiger partial charge in [0, 0.05) is 10.7 Å². The van der Waals surface area contributed by atoms with Crippen LogP contribution in [0.3, 0.4) is 0 Å². The number of hydrogen-bond acceptors (Lipinski definition) is 4. The minimum atomic E-state index is -0.834. The lowest BCUT2D eigenvalue weighted by Gasteiger charge is -2.39. The normalized spacial score (nSPS) is 13.6. The molecule has 0 radical (unpaired) electrons. The number of aliphatic hydroxyl groups is 1. The molecule has 0 aliphatic rings. The molecule has 3 aromatic carbocycles. The van der Waals surface area contributed by atoms with Gasteiger partial charge in [-0.15, -0.1) is 0 Å². The van der Waals surface area contributed by atoms with Crippen LogP contribution in [-0.2, 0) is 0 Å². The number of aliphatic hydroxyl groups excluding tert-OH is 1. The fourth-order valence-electron chi connectivity index (χ4n) is 3.42. The van der Waals surface area contributed by atoms with Crippen molar-refractivity contribution in [2.75, 3.05) is 11.9 Å². The van der Waals surface area contributed by atoms with Crippen LogP contribution in [0.5, 0.6) is 11.5 Å². The summed E-state index contributed by atoms with van der Waals surface area (Å²) < 4.78 is 5.95. The van der Waals surface area contributed by atoms with Crippen LogP contribution in [0.4, 0.5) is 5.69 Å². The van der Waals surface area contributed by atoms with Crippen LogP contribution in [-0.4, -0.2) is 38.9 Å². The molecule has 0 fully saturated rings. The Morgan fingerprint density at radius 3 is 2.25 bits per heavy atom. The fourth-order valence-corrected chi connectivity index (χ4v) is 4.01. The Morgan fingerprint density at radius 1 is 1.00 bits per heavy atom. The second-order valence-electron chi connectivity index (χ2n) is 7.59. The molecule has 5 nitrogen and oxygen atoms in total. The zero-order valence-corrected chi connectivity index (χ0v) is 19.6. The number of thiocarbonyl (C=S) groups is 1. The van der Waals surface area contributed by atoms with Gasteiger partial charge in [-0.05, 0) is 80.2 Å². The summed E-state index contributed by atoms with van der Waals surface area (Å²) in [5.41, 5.74) is 1.48. The van der Waals surface area contributed by atoms with Gasteiger partial charge in [0.05, 0.1) is 18.2 Å². The van der Waals surface area contributed by atoms with Crippen LogP contribution in [0.2, 0.25) is 5.02 Å². The van der Waals surface area contributed by atoms with Gasteiger partial charge in [0.1, 0.15) is 18.1 Å². The van der Waals surface area contributed by atoms with Gasteiger partial charge in [0.25, 0.3) is 0 Å². The Kier molecular flexibility index (Phi) is 8.33. The van der Waals surface area contributed by atoms with Crippen molar-refractivity contribution in [1.29, 1.82) is 0 Å². The maximum absolute atomic E-state index is 11.1. The van der Waals surface area contributed by atoms with E-state index in [9.17, 15) is 10.2 Å². The average molecular weight is 471 g/mol. The molecule has 3 N–H and O–H groups in total. The second-order valence-corrected chi connectivity index (χ2v) is 8.42. The monoisotopic (exact) mass is 470 g/mol. The van der Waals surface area contributed by atoms with E-state index in [1.807, 2.05) is 61.2 Å². The third kappa shape index (κ3) is 6.36. The molecular weight excluding hydrogens is 444 g/mol. The SMILES string of the molecule is CC(COc1ccccc1)N(C(=S)Nc1ccc(Cl)cc1)C(C)C(O)c1ccc(O)cc1. The zero-order valence-electron chi connectivity index (χ0n) is 18.0. The quantitative estimate of drug-likeness (QED) is 0.370. The Bertz CT molecular complexity index is 1000. The highest BCUT2D eigenvalue weighted by Gasteiger charge is 2.29. The number of aromatic hydroxyl groups is 1. The minimum Gasteiger partial charge on any atom is -0.508 e. The Balaban J connectivity index is 1.80. The highest BCUT2D eigenvalue weighted by Crippen LogP contribution is 2.26. The van der Waals surface area contributed by atoms with E-state index in [0.717, 1.165) is 11.4 Å². The molecule has 3 aromatic rings. The van der Waals surface area contributed by atoms with Gasteiger partial charge in [0.15, 0.2) is 5.11 Å². The van der Waals surface area contributed by atoms with Crippen molar-refractivity contribution < 1.29 is 14.9 Å². The number of phenols is 1. The molecule has 0 amide bonds. The lowest BCUT2D eigenvalue weighted by atomic mass is 10.0. The number of phenolic OH excluding ortho intramolecular Hbond substituents is 1. The van der Waals surface area contributed by atoms with E-state index in [1.54, 1.807) is 36.4 Å². The number of para-hydroxylation sites is 1. The Morgan fingerprint density at radius 2 is 1.62 bits per heavy atom. The summed E-state index contributed by atoms with van der Waals surface area (Å²) in [5.74, 6) is 0.914. The number of hydrogen-bond donors (Lipinski definition) is 3. The maximum Gasteiger partial charge on any atom is 0.174 e. The lowest BCUT2D eigenvalue weighted by Crippen LogP contribution is -2.51. The van der Waals surface area contributed by atoms with Gasteiger partial charge >= 0.3 is 0 Å². The zero-order chi connectivity index (χ0) is 23.1. The van der Waals surface area contributed by atoms with E-state index in [1.165, 1.54) is 0 Å². The number of nitrogens with one attached hydrogen (secondary N) is 1. The van der Waals surface area contributed by atoms with Crippen molar-refractivity contribution in [3.63, 3.8) is 0 Å². The molecule has 0 aliphatic heterocycles. The van der Waals surface area contributed by atoms with Crippen LogP contribution < -0.4 is 10.1 Å². The molecule has 7 heteroatoms. The third-order valence-electron chi connectivity index (χ3n) is 5.17. The second kappa shape index (κ2) is 11.2. The van der Waals surface area contributed by atoms with E-state index >= 15 is 0 Å². The molecule has 3 unspecified atom stereocenters. The summed E-state index contributed by atoms with van der Waals surface area (Å²) in [6, 6.07) is 22.8. The number of ether oxygens (including phenoxy) is 1. The molecule has 3 atom stereocenters. The van der Waals surface area contributed by atoms with Crippen LogP contribution in [0.15, 0.2) is 78.9 Å². The summed E-state index contributed by atoms with van der Waals surface area (Å²) in [7, 11) is 0. The Hall–Kier alpha value is -2.80. The average Bonchev–Trinajstić information content (AvgIpc) is 2.80. The van der Waals surface area contributed by atoms with Crippen molar-refractivity contribution in [3.05, 3.63) is 89.4 Å². The predicted octanol–water partition coefficient (Wildman–Crippen LogP) is 5.63. The van der Waals surface area contributed by atoms with Crippen molar-refractivity contribution in [1.82, 2.24) is 4.90 Å². The summed E-state index contributed by atoms with van der Waals surface area (Å²) in [5, 5.41) is 25.0. The molecule has 168 valence electrons. The molecule has 0 aromatic heterocycles. The first-order valence-corrected chi connectivity index (χ1v) is 11.1. The standard InChI is InChI=1S/C25H27ClN2O3S/c1-17(16-31-23-6-4-3-5-7-23)28(25(32)27-21-12-10-20(26)11-13-21)18(2)24(30)19-8-14-22(29)15-9-19/h3-15,17-18,24,29-30H,16H2,1-2H3,(H,27,32). The number of anilines is 1. The Labute approximate surface area is 199 Å². The van der Waals surface area contributed by atoms with Gasteiger partial charge in [-0.2, -0.15) is 0 Å². The third-order valence-corrected chi connectivity index (χ3v) is 5.73. The number of rotatable bonds is 8. The van der Waals surface area contributed by atoms with E-state index in [-0.39, 0.29) is 17.8 Å². The highest BCUT2D eigenvalue weighted by atomic mass is 35.5. The molecule has 0 bridgehead atoms. The minimum absolute atomic E-state index is 0.148. The van der Waals surface area contributed by atoms with Gasteiger partial charge < -0.3 is 25.2 Å². The van der Waals surface area contributed by atoms with Crippen molar-refractivity contribution in [2.45, 2.75) is 32.0 Å². The molecule has 0 spiro atoms. The molecule has 0 aliphatic carbocycles. The van der Waals surface area contributed by atoms with E-state index in [0.29, 0.717) is 22.3 Å². The molecular formula is C25H27ClN2O3S. The predicted molar refractivity (Wildman–Crippen MR) is 133 cm³/mol. The largest absolute Gasteiger partial charge is 0.508 e. The molecule has 0 saturated heterocycles. The van der Waals surface area contributed by atoms with Crippen molar-refractivity contribution >= 4 is 34.6 Å². The van der Waals surface area contributed by atoms with E-state index in [4.69, 9.17) is 28.6 Å². The van der Waals surface area contributed by atoms with Gasteiger partial charge in [0.2, 0.25) is 0 Å². The van der Waals surface area contributed by atoms with Crippen LogP contribution in [0.25, 0.3) is 0 Å². The number of nitrogens with zero attached hydrogens (tertiary/aromatic N) is 1. The van der Waals surface area contributed by atoms with Gasteiger partial charge in [-0.3, -0.25) is 0 Å². The first kappa shape index (κ1) is 23.9. The van der Waals surface area contributed by atoms with Gasteiger partial charge in [-0.1, -0.05) is 41.9 Å². The van der Waals surface area contributed by atoms with Gasteiger partial charge in [-0.25, -0.2) is 0 Å². The summed E-state index contributed by atoms with van der Waals surface area (Å²) in [6.07, 6.45) is -0.834. The summed E-state index contributed by atoms with van der Waals surface area (Å²) >= 11 is 11.7. The first-order valence-electron chi connectivity index (χ1n) is 10.3. The molecule has 3 rings (SSSR count). The summed E-state index contributed by atoms with van der Waals surface area (Å²) in [4.78, 5) is 1.93. The van der Waals surface area contributed by atoms with Crippen LogP contribution >= 0.6 is 23.8 Å². The lowest BCUT2D eigenvalue weighted by molar-refractivity contribution is 0.0673. The molecule has 0 heterocycles. The number of benzene rings is 3. The van der Waals surface area contributed by atoms with E-state index < -0.39 is 6.10 Å². The number of halogens is 1. The van der Waals surface area contributed by atoms with Crippen LogP contribution in [0.1, 0.15) is 25.5 Å². The first-order chi connectivity index (χ1) is 15.3. The highest BCUT2D eigenvalue weighted by molar-refractivity contribution is 7.80. The molecule has 32 heavy (non-hydrogen) atoms. The fraction of sp³-hybridized carbons (Fsp3) is 0.240. The topological polar surface area (TPSA) is 65.0 Å². The van der Waals surface area contributed by atoms with Crippen LogP contribution in [0, 0.1) is 0 Å². The maximum atomic E-state index is 11.1.